The van der Waals surface area contributed by atoms with Crippen LogP contribution in [0.3, 0.4) is 0 Å². The zero-order valence-corrected chi connectivity index (χ0v) is 27.6. The molecule has 0 aromatic heterocycles. The minimum absolute atomic E-state index is 0.295. The lowest BCUT2D eigenvalue weighted by Crippen LogP contribution is -2.19. The molecule has 0 nitrogen and oxygen atoms in total. The highest BCUT2D eigenvalue weighted by Gasteiger charge is 2.27. The maximum atomic E-state index is 2.39. The molecule has 0 radical (unpaired) electrons. The summed E-state index contributed by atoms with van der Waals surface area (Å²) in [4.78, 5) is 0. The van der Waals surface area contributed by atoms with Gasteiger partial charge in [0.25, 0.3) is 0 Å². The first-order chi connectivity index (χ1) is 18.8. The maximum absolute atomic E-state index is 2.39. The maximum Gasteiger partial charge on any atom is -0.0104 e. The average molecular weight is 539 g/mol. The highest BCUT2D eigenvalue weighted by molar-refractivity contribution is 5.38. The van der Waals surface area contributed by atoms with E-state index in [1.807, 2.05) is 0 Å². The van der Waals surface area contributed by atoms with Crippen LogP contribution in [0.1, 0.15) is 121 Å². The van der Waals surface area contributed by atoms with E-state index in [1.54, 1.807) is 16.7 Å². The lowest BCUT2D eigenvalue weighted by Gasteiger charge is -2.33. The molecule has 0 aromatic rings. The van der Waals surface area contributed by atoms with E-state index >= 15 is 0 Å². The van der Waals surface area contributed by atoms with Gasteiger partial charge in [0.2, 0.25) is 0 Å². The molecule has 0 N–H and O–H groups in total. The molecule has 0 aliphatic heterocycles. The second-order valence-corrected chi connectivity index (χ2v) is 13.6. The molecular weight excluding hydrogens is 480 g/mol. The first-order valence-electron chi connectivity index (χ1n) is 15.6. The van der Waals surface area contributed by atoms with E-state index in [2.05, 4.69) is 142 Å². The lowest BCUT2D eigenvalue weighted by atomic mass is 9.72. The van der Waals surface area contributed by atoms with E-state index in [4.69, 9.17) is 0 Å². The third-order valence-corrected chi connectivity index (χ3v) is 8.68. The minimum Gasteiger partial charge on any atom is -0.0813 e. The smallest absolute Gasteiger partial charge is 0.0104 e. The highest BCUT2D eigenvalue weighted by atomic mass is 14.3. The summed E-state index contributed by atoms with van der Waals surface area (Å²) in [6.07, 6.45) is 36.8. The van der Waals surface area contributed by atoms with Crippen molar-refractivity contribution in [3.05, 3.63) is 117 Å². The monoisotopic (exact) mass is 538 g/mol. The number of rotatable bonds is 11. The molecule has 0 heterocycles. The molecular formula is C40H58. The quantitative estimate of drug-likeness (QED) is 0.229. The Hall–Kier alpha value is -2.60. The normalized spacial score (nSPS) is 21.8. The van der Waals surface area contributed by atoms with Crippen molar-refractivity contribution in [1.29, 1.82) is 0 Å². The van der Waals surface area contributed by atoms with Crippen molar-refractivity contribution >= 4 is 0 Å². The van der Waals surface area contributed by atoms with Gasteiger partial charge in [0.15, 0.2) is 0 Å². The topological polar surface area (TPSA) is 0 Å². The van der Waals surface area contributed by atoms with Crippen LogP contribution in [0, 0.1) is 10.8 Å². The molecule has 0 saturated heterocycles. The molecule has 40 heavy (non-hydrogen) atoms. The SMILES string of the molecule is CC1=C(/C=C/C(C)=C/C=C/C(C)=C/C=C/C=C(\C)CC/C=C(C)/C=C/C2=C(C)CCCC2(C)C)C(C)(C)CCC1. The Labute approximate surface area is 248 Å². The molecule has 0 atom stereocenters. The fourth-order valence-corrected chi connectivity index (χ4v) is 6.02. The summed E-state index contributed by atoms with van der Waals surface area (Å²) in [5.41, 5.74) is 12.1. The van der Waals surface area contributed by atoms with Gasteiger partial charge in [0.05, 0.1) is 0 Å². The fourth-order valence-electron chi connectivity index (χ4n) is 6.02. The largest absolute Gasteiger partial charge is 0.0813 e. The van der Waals surface area contributed by atoms with E-state index in [0.717, 1.165) is 12.8 Å². The van der Waals surface area contributed by atoms with Crippen LogP contribution in [0.25, 0.3) is 0 Å². The second-order valence-electron chi connectivity index (χ2n) is 13.6. The van der Waals surface area contributed by atoms with Crippen LogP contribution in [0.2, 0.25) is 0 Å². The molecule has 2 aliphatic carbocycles. The van der Waals surface area contributed by atoms with Crippen LogP contribution in [0.4, 0.5) is 0 Å². The van der Waals surface area contributed by atoms with Crippen LogP contribution < -0.4 is 0 Å². The van der Waals surface area contributed by atoms with Gasteiger partial charge >= 0.3 is 0 Å². The standard InChI is InChI=1S/C40H58/c1-31(19-13-21-33(3)25-27-37-35(5)23-15-29-39(37,7)8)17-11-12-18-32(2)20-14-22-34(4)26-28-38-36(6)24-16-30-40(38,9)10/h11-13,17-19,21-22,25-28H,14-16,20,23-24,29-30H2,1-10H3/b12-11+,19-13+,27-25+,28-26+,31-17+,32-18+,33-21+,34-22+. The zero-order chi connectivity index (χ0) is 29.8. The van der Waals surface area contributed by atoms with Gasteiger partial charge in [-0.3, -0.25) is 0 Å². The Morgan fingerprint density at radius 2 is 1.10 bits per heavy atom. The van der Waals surface area contributed by atoms with Gasteiger partial charge in [-0.05, 0) is 115 Å². The van der Waals surface area contributed by atoms with E-state index < -0.39 is 0 Å². The number of hydrogen-bond donors (Lipinski definition) is 0. The summed E-state index contributed by atoms with van der Waals surface area (Å²) in [7, 11) is 0. The van der Waals surface area contributed by atoms with Crippen molar-refractivity contribution in [2.75, 3.05) is 0 Å². The van der Waals surface area contributed by atoms with Gasteiger partial charge in [-0.15, -0.1) is 0 Å². The fraction of sp³-hybridized carbons (Fsp3) is 0.500. The van der Waals surface area contributed by atoms with Gasteiger partial charge in [-0.2, -0.15) is 0 Å². The van der Waals surface area contributed by atoms with Crippen molar-refractivity contribution in [3.8, 4) is 0 Å². The molecule has 2 aliphatic rings. The van der Waals surface area contributed by atoms with Crippen molar-refractivity contribution in [2.24, 2.45) is 10.8 Å². The number of hydrogen-bond acceptors (Lipinski definition) is 0. The van der Waals surface area contributed by atoms with Gasteiger partial charge in [-0.25, -0.2) is 0 Å². The number of allylic oxidation sites excluding steroid dienone is 20. The molecule has 0 unspecified atom stereocenters. The van der Waals surface area contributed by atoms with Gasteiger partial charge in [0, 0.05) is 0 Å². The van der Waals surface area contributed by atoms with Gasteiger partial charge in [0.1, 0.15) is 0 Å². The Bertz CT molecular complexity index is 1170. The Morgan fingerprint density at radius 3 is 1.65 bits per heavy atom. The summed E-state index contributed by atoms with van der Waals surface area (Å²) in [6.45, 7) is 22.9. The molecule has 0 spiro atoms. The Balaban J connectivity index is 1.83. The predicted molar refractivity (Wildman–Crippen MR) is 181 cm³/mol. The molecule has 218 valence electrons. The van der Waals surface area contributed by atoms with Crippen LogP contribution in [0.5, 0.6) is 0 Å². The van der Waals surface area contributed by atoms with Crippen molar-refractivity contribution < 1.29 is 0 Å². The summed E-state index contributed by atoms with van der Waals surface area (Å²) < 4.78 is 0. The van der Waals surface area contributed by atoms with Crippen LogP contribution >= 0.6 is 0 Å². The average Bonchev–Trinajstić information content (AvgIpc) is 2.85. The summed E-state index contributed by atoms with van der Waals surface area (Å²) in [6, 6.07) is 0. The van der Waals surface area contributed by atoms with Crippen LogP contribution in [-0.2, 0) is 0 Å². The van der Waals surface area contributed by atoms with E-state index in [1.165, 1.54) is 66.4 Å². The van der Waals surface area contributed by atoms with E-state index in [9.17, 15) is 0 Å². The minimum atomic E-state index is 0.295. The summed E-state index contributed by atoms with van der Waals surface area (Å²) in [5.74, 6) is 0. The van der Waals surface area contributed by atoms with Crippen molar-refractivity contribution in [2.45, 2.75) is 121 Å². The first-order valence-corrected chi connectivity index (χ1v) is 15.6. The molecule has 0 bridgehead atoms. The molecule has 0 fully saturated rings. The molecule has 0 heteroatoms. The van der Waals surface area contributed by atoms with E-state index in [0.29, 0.717) is 10.8 Å². The first kappa shape index (κ1) is 33.6. The van der Waals surface area contributed by atoms with Gasteiger partial charge < -0.3 is 0 Å². The summed E-state index contributed by atoms with van der Waals surface area (Å²) in [5, 5.41) is 0. The van der Waals surface area contributed by atoms with Crippen LogP contribution in [0.15, 0.2) is 117 Å². The molecule has 0 aromatic carbocycles. The van der Waals surface area contributed by atoms with Gasteiger partial charge in [-0.1, -0.05) is 134 Å². The lowest BCUT2D eigenvalue weighted by molar-refractivity contribution is 0.376. The third-order valence-electron chi connectivity index (χ3n) is 8.68. The second kappa shape index (κ2) is 16.0. The summed E-state index contributed by atoms with van der Waals surface area (Å²) >= 11 is 0. The third kappa shape index (κ3) is 11.5. The Morgan fingerprint density at radius 1 is 0.625 bits per heavy atom. The van der Waals surface area contributed by atoms with Crippen LogP contribution in [-0.4, -0.2) is 0 Å². The predicted octanol–water partition coefficient (Wildman–Crippen LogP) is 12.8. The van der Waals surface area contributed by atoms with E-state index in [-0.39, 0.29) is 0 Å². The highest BCUT2D eigenvalue weighted by Crippen LogP contribution is 2.41. The molecule has 0 amide bonds. The van der Waals surface area contributed by atoms with Crippen molar-refractivity contribution in [1.82, 2.24) is 0 Å². The Kier molecular flexibility index (Phi) is 13.4. The van der Waals surface area contributed by atoms with Crippen molar-refractivity contribution in [3.63, 3.8) is 0 Å². The molecule has 2 rings (SSSR count). The zero-order valence-electron chi connectivity index (χ0n) is 27.6. The molecule has 0 saturated carbocycles.